The summed E-state index contributed by atoms with van der Waals surface area (Å²) in [5, 5.41) is 2.73. The van der Waals surface area contributed by atoms with Gasteiger partial charge in [0.2, 0.25) is 0 Å². The summed E-state index contributed by atoms with van der Waals surface area (Å²) >= 11 is 0. The Morgan fingerprint density at radius 1 is 0.750 bits per heavy atom. The van der Waals surface area contributed by atoms with Crippen molar-refractivity contribution in [3.05, 3.63) is 36.4 Å². The minimum atomic E-state index is 0.385. The second-order valence-corrected chi connectivity index (χ2v) is 7.70. The number of nitrogens with zero attached hydrogens (tertiary/aromatic N) is 2. The number of hydrogen-bond acceptors (Lipinski definition) is 2. The third-order valence-electron chi connectivity index (χ3n) is 5.33. The molecule has 2 aliphatic rings. The molecule has 0 aromatic heterocycles. The van der Waals surface area contributed by atoms with Crippen LogP contribution in [0.5, 0.6) is 0 Å². The molecule has 130 valence electrons. The molecule has 1 aliphatic heterocycles. The zero-order valence-electron chi connectivity index (χ0n) is 15.9. The van der Waals surface area contributed by atoms with Crippen molar-refractivity contribution in [1.82, 2.24) is 0 Å². The molecule has 2 aromatic carbocycles. The van der Waals surface area contributed by atoms with Crippen LogP contribution in [0.15, 0.2) is 36.4 Å². The number of hydrogen-bond donors (Lipinski definition) is 0. The first kappa shape index (κ1) is 17.1. The largest absolute Gasteiger partial charge is 0.348 e. The molecule has 1 saturated carbocycles. The van der Waals surface area contributed by atoms with Crippen molar-refractivity contribution < 1.29 is 0 Å². The van der Waals surface area contributed by atoms with E-state index in [-0.39, 0.29) is 0 Å². The van der Waals surface area contributed by atoms with Crippen LogP contribution in [0.2, 0.25) is 0 Å². The van der Waals surface area contributed by atoms with E-state index < -0.39 is 0 Å². The topological polar surface area (TPSA) is 6.48 Å². The molecule has 1 aliphatic carbocycles. The van der Waals surface area contributed by atoms with E-state index in [0.717, 1.165) is 0 Å². The zero-order valence-corrected chi connectivity index (χ0v) is 15.9. The lowest BCUT2D eigenvalue weighted by Gasteiger charge is -2.49. The van der Waals surface area contributed by atoms with Gasteiger partial charge in [-0.25, -0.2) is 0 Å². The van der Waals surface area contributed by atoms with Crippen molar-refractivity contribution in [2.45, 2.75) is 78.6 Å². The number of anilines is 2. The Morgan fingerprint density at radius 3 is 1.50 bits per heavy atom. The summed E-state index contributed by atoms with van der Waals surface area (Å²) in [6.45, 7) is 11.4. The summed E-state index contributed by atoms with van der Waals surface area (Å²) < 4.78 is 0. The van der Waals surface area contributed by atoms with E-state index >= 15 is 0 Å². The summed E-state index contributed by atoms with van der Waals surface area (Å²) in [7, 11) is 0. The number of rotatable bonds is 2. The minimum absolute atomic E-state index is 0.385. The third kappa shape index (κ3) is 2.99. The average Bonchev–Trinajstić information content (AvgIpc) is 2.45. The molecule has 2 heteroatoms. The van der Waals surface area contributed by atoms with Crippen molar-refractivity contribution in [2.24, 2.45) is 0 Å². The van der Waals surface area contributed by atoms with Crippen LogP contribution in [-0.2, 0) is 0 Å². The second kappa shape index (κ2) is 7.04. The Kier molecular flexibility index (Phi) is 5.03. The highest BCUT2D eigenvalue weighted by Gasteiger charge is 2.32. The van der Waals surface area contributed by atoms with Gasteiger partial charge in [0.05, 0.1) is 6.17 Å². The van der Waals surface area contributed by atoms with Crippen LogP contribution in [-0.4, -0.2) is 18.2 Å². The molecule has 2 aromatic rings. The highest BCUT2D eigenvalue weighted by atomic mass is 15.4. The molecule has 0 saturated heterocycles. The molecule has 0 atom stereocenters. The first-order valence-corrected chi connectivity index (χ1v) is 9.60. The SMILES string of the molecule is C1CCC1.CC(C)N1c2cccc3cccc(c23)N(C(C)C)C1C. The van der Waals surface area contributed by atoms with Gasteiger partial charge in [0.15, 0.2) is 0 Å². The van der Waals surface area contributed by atoms with E-state index in [9.17, 15) is 0 Å². The van der Waals surface area contributed by atoms with Crippen molar-refractivity contribution in [3.63, 3.8) is 0 Å². The van der Waals surface area contributed by atoms with Crippen LogP contribution in [0.1, 0.15) is 60.3 Å². The Morgan fingerprint density at radius 2 is 1.17 bits per heavy atom. The molecule has 24 heavy (non-hydrogen) atoms. The van der Waals surface area contributed by atoms with Gasteiger partial charge in [0.25, 0.3) is 0 Å². The van der Waals surface area contributed by atoms with E-state index in [1.165, 1.54) is 47.8 Å². The maximum atomic E-state index is 2.54. The Hall–Kier alpha value is -1.70. The lowest BCUT2D eigenvalue weighted by atomic mass is 9.99. The highest BCUT2D eigenvalue weighted by Crippen LogP contribution is 2.43. The minimum Gasteiger partial charge on any atom is -0.348 e. The average molecular weight is 325 g/mol. The molecule has 0 spiro atoms. The molecule has 1 heterocycles. The first-order valence-electron chi connectivity index (χ1n) is 9.60. The summed E-state index contributed by atoms with van der Waals surface area (Å²) in [4.78, 5) is 5.07. The van der Waals surface area contributed by atoms with E-state index in [4.69, 9.17) is 0 Å². The van der Waals surface area contributed by atoms with Gasteiger partial charge in [0, 0.05) is 28.8 Å². The zero-order chi connectivity index (χ0) is 17.3. The van der Waals surface area contributed by atoms with Gasteiger partial charge >= 0.3 is 0 Å². The van der Waals surface area contributed by atoms with Crippen LogP contribution >= 0.6 is 0 Å². The smallest absolute Gasteiger partial charge is 0.0992 e. The lowest BCUT2D eigenvalue weighted by molar-refractivity contribution is 0.504. The fourth-order valence-corrected chi connectivity index (χ4v) is 3.94. The maximum Gasteiger partial charge on any atom is 0.0992 e. The fourth-order valence-electron chi connectivity index (χ4n) is 3.94. The van der Waals surface area contributed by atoms with Gasteiger partial charge in [-0.3, -0.25) is 0 Å². The summed E-state index contributed by atoms with van der Waals surface area (Å²) in [6.07, 6.45) is 6.38. The highest BCUT2D eigenvalue weighted by molar-refractivity contribution is 6.05. The van der Waals surface area contributed by atoms with Gasteiger partial charge < -0.3 is 9.80 Å². The van der Waals surface area contributed by atoms with E-state index in [0.29, 0.717) is 18.2 Å². The van der Waals surface area contributed by atoms with Gasteiger partial charge in [-0.15, -0.1) is 0 Å². The molecular weight excluding hydrogens is 292 g/mol. The quantitative estimate of drug-likeness (QED) is 0.650. The molecule has 0 bridgehead atoms. The van der Waals surface area contributed by atoms with Gasteiger partial charge in [0.1, 0.15) is 0 Å². The van der Waals surface area contributed by atoms with E-state index in [1.54, 1.807) is 0 Å². The monoisotopic (exact) mass is 324 g/mol. The summed E-state index contributed by atoms with van der Waals surface area (Å²) in [5.41, 5.74) is 2.75. The Labute approximate surface area is 147 Å². The lowest BCUT2D eigenvalue weighted by Crippen LogP contribution is -2.54. The maximum absolute atomic E-state index is 2.54. The molecule has 0 N–H and O–H groups in total. The molecule has 0 radical (unpaired) electrons. The van der Waals surface area contributed by atoms with Crippen molar-refractivity contribution in [2.75, 3.05) is 9.80 Å². The van der Waals surface area contributed by atoms with E-state index in [2.05, 4.69) is 80.8 Å². The Bertz CT molecular complexity index is 631. The van der Waals surface area contributed by atoms with Crippen LogP contribution in [0, 0.1) is 0 Å². The van der Waals surface area contributed by atoms with Gasteiger partial charge in [-0.1, -0.05) is 49.9 Å². The Balaban J connectivity index is 0.000000370. The van der Waals surface area contributed by atoms with Crippen LogP contribution < -0.4 is 9.80 Å². The molecule has 0 unspecified atom stereocenters. The van der Waals surface area contributed by atoms with Gasteiger partial charge in [-0.05, 0) is 52.1 Å². The summed E-state index contributed by atoms with van der Waals surface area (Å²) in [5.74, 6) is 0. The molecule has 2 nitrogen and oxygen atoms in total. The molecule has 1 fully saturated rings. The van der Waals surface area contributed by atoms with Crippen LogP contribution in [0.3, 0.4) is 0 Å². The first-order chi connectivity index (χ1) is 11.5. The van der Waals surface area contributed by atoms with Crippen LogP contribution in [0.25, 0.3) is 10.8 Å². The standard InChI is InChI=1S/C18H24N2.C4H8/c1-12(2)19-14(5)20(13(3)4)17-11-7-9-15-8-6-10-16(19)18(15)17;1-2-4-3-1/h6-14H,1-5H3;1-4H2. The summed E-state index contributed by atoms with van der Waals surface area (Å²) in [6, 6.07) is 14.3. The van der Waals surface area contributed by atoms with Crippen molar-refractivity contribution >= 4 is 22.1 Å². The predicted molar refractivity (Wildman–Crippen MR) is 107 cm³/mol. The molecule has 0 amide bonds. The van der Waals surface area contributed by atoms with E-state index in [1.807, 2.05) is 0 Å². The number of benzene rings is 2. The normalized spacial score (nSPS) is 17.1. The van der Waals surface area contributed by atoms with Crippen molar-refractivity contribution in [1.29, 1.82) is 0 Å². The fraction of sp³-hybridized carbons (Fsp3) is 0.545. The third-order valence-corrected chi connectivity index (χ3v) is 5.33. The molecule has 4 rings (SSSR count). The van der Waals surface area contributed by atoms with Crippen molar-refractivity contribution in [3.8, 4) is 0 Å². The van der Waals surface area contributed by atoms with Crippen LogP contribution in [0.4, 0.5) is 11.4 Å². The second-order valence-electron chi connectivity index (χ2n) is 7.70. The van der Waals surface area contributed by atoms with Gasteiger partial charge in [-0.2, -0.15) is 0 Å². The predicted octanol–water partition coefficient (Wildman–Crippen LogP) is 6.19. The molecular formula is C22H32N2.